The zero-order valence-electron chi connectivity index (χ0n) is 16.6. The van der Waals surface area contributed by atoms with E-state index in [9.17, 15) is 26.3 Å². The minimum atomic E-state index is -4.42. The molecule has 0 heterocycles. The molecule has 0 aliphatic heterocycles. The molecule has 0 amide bonds. The maximum atomic E-state index is 12.8. The Morgan fingerprint density at radius 3 is 1.70 bits per heavy atom. The molecule has 3 aromatic rings. The van der Waals surface area contributed by atoms with Crippen LogP contribution in [0.15, 0.2) is 78.9 Å². The zero-order valence-corrected chi connectivity index (χ0v) is 19.5. The molecule has 0 unspecified atom stereocenters. The molecule has 0 aliphatic carbocycles. The standard InChI is InChI=1S/C23H15F6IN2.ClH/c24-22(25,26)16-3-9-19(10-4-16)31-14-13-21(15-1-7-18(30)8-2-15)32-20-11-5-17(6-12-20)23(27,28)29;/h1-14,32H;1H/b21-13+,31-14?;. The van der Waals surface area contributed by atoms with Gasteiger partial charge in [0.1, 0.15) is 0 Å². The summed E-state index contributed by atoms with van der Waals surface area (Å²) in [7, 11) is 0. The van der Waals surface area contributed by atoms with Crippen molar-refractivity contribution in [2.24, 2.45) is 0 Å². The number of hydrogen-bond acceptors (Lipinski definition) is 1. The van der Waals surface area contributed by atoms with E-state index in [2.05, 4.69) is 32.9 Å². The topological polar surface area (TPSA) is 26.0 Å². The third kappa shape index (κ3) is 7.78. The van der Waals surface area contributed by atoms with E-state index < -0.39 is 23.5 Å². The monoisotopic (exact) mass is 596 g/mol. The molecule has 174 valence electrons. The van der Waals surface area contributed by atoms with Crippen LogP contribution in [0.25, 0.3) is 5.70 Å². The molecular formula is C23H16ClF6IN2. The summed E-state index contributed by atoms with van der Waals surface area (Å²) >= 11 is 2.15. The van der Waals surface area contributed by atoms with Crippen molar-refractivity contribution in [1.29, 1.82) is 0 Å². The number of rotatable bonds is 5. The number of hydrogen-bond donors (Lipinski definition) is 2. The van der Waals surface area contributed by atoms with E-state index in [4.69, 9.17) is 0 Å². The van der Waals surface area contributed by atoms with Gasteiger partial charge in [-0.05, 0) is 76.7 Å². The molecular weight excluding hydrogens is 581 g/mol. The van der Waals surface area contributed by atoms with Gasteiger partial charge in [-0.25, -0.2) is 4.99 Å². The van der Waals surface area contributed by atoms with Gasteiger partial charge in [0, 0.05) is 27.5 Å². The fourth-order valence-electron chi connectivity index (χ4n) is 2.71. The van der Waals surface area contributed by atoms with E-state index in [1.165, 1.54) is 30.5 Å². The fourth-order valence-corrected chi connectivity index (χ4v) is 3.07. The molecule has 2 N–H and O–H groups in total. The Balaban J connectivity index is 0.00000385. The number of alkyl halides is 6. The Morgan fingerprint density at radius 1 is 0.727 bits per heavy atom. The van der Waals surface area contributed by atoms with Gasteiger partial charge >= 0.3 is 12.4 Å². The zero-order chi connectivity index (χ0) is 23.4. The Bertz CT molecular complexity index is 1100. The van der Waals surface area contributed by atoms with Gasteiger partial charge in [-0.3, -0.25) is 0 Å². The number of allylic oxidation sites excluding steroid dienone is 1. The van der Waals surface area contributed by atoms with Crippen LogP contribution in [0, 0.1) is 3.57 Å². The van der Waals surface area contributed by atoms with Crippen molar-refractivity contribution in [3.05, 3.63) is 99.1 Å². The van der Waals surface area contributed by atoms with Crippen molar-refractivity contribution in [2.45, 2.75) is 12.4 Å². The average Bonchev–Trinajstić information content (AvgIpc) is 2.73. The summed E-state index contributed by atoms with van der Waals surface area (Å²) in [6, 6.07) is 16.6. The van der Waals surface area contributed by atoms with E-state index in [1.807, 2.05) is 24.3 Å². The minimum Gasteiger partial charge on any atom is -1.00 e. The summed E-state index contributed by atoms with van der Waals surface area (Å²) in [5.41, 5.74) is 0.758. The highest BCUT2D eigenvalue weighted by molar-refractivity contribution is 14.1. The highest BCUT2D eigenvalue weighted by atomic mass is 127. The predicted molar refractivity (Wildman–Crippen MR) is 120 cm³/mol. The van der Waals surface area contributed by atoms with Crippen molar-refractivity contribution in [3.8, 4) is 0 Å². The molecule has 0 radical (unpaired) electrons. The lowest BCUT2D eigenvalue weighted by Gasteiger charge is -2.12. The molecule has 0 atom stereocenters. The molecule has 0 saturated carbocycles. The largest absolute Gasteiger partial charge is 1.00 e. The SMILES string of the molecule is FC(F)(F)c1ccc(N/C(=C/C=[NH+]c2ccc(C(F)(F)F)cc2)c2ccc(I)cc2)cc1.[Cl-]. The van der Waals surface area contributed by atoms with Crippen LogP contribution in [-0.2, 0) is 12.4 Å². The summed E-state index contributed by atoms with van der Waals surface area (Å²) in [5.74, 6) is 0. The van der Waals surface area contributed by atoms with E-state index in [0.29, 0.717) is 17.1 Å². The van der Waals surface area contributed by atoms with Crippen molar-refractivity contribution in [3.63, 3.8) is 0 Å². The van der Waals surface area contributed by atoms with Gasteiger partial charge in [0.2, 0.25) is 5.69 Å². The van der Waals surface area contributed by atoms with Crippen LogP contribution in [-0.4, -0.2) is 6.21 Å². The van der Waals surface area contributed by atoms with Crippen LogP contribution < -0.4 is 22.7 Å². The van der Waals surface area contributed by atoms with Gasteiger partial charge in [0.25, 0.3) is 0 Å². The maximum Gasteiger partial charge on any atom is 0.416 e. The molecule has 0 aromatic heterocycles. The van der Waals surface area contributed by atoms with Crippen molar-refractivity contribution < 1.29 is 43.7 Å². The van der Waals surface area contributed by atoms with Crippen LogP contribution in [0.4, 0.5) is 37.7 Å². The first kappa shape index (κ1) is 26.7. The van der Waals surface area contributed by atoms with Crippen molar-refractivity contribution in [1.82, 2.24) is 0 Å². The van der Waals surface area contributed by atoms with Gasteiger partial charge in [-0.1, -0.05) is 12.1 Å². The predicted octanol–water partition coefficient (Wildman–Crippen LogP) is 3.27. The summed E-state index contributed by atoms with van der Waals surface area (Å²) in [6.07, 6.45) is -5.65. The maximum absolute atomic E-state index is 12.8. The van der Waals surface area contributed by atoms with Gasteiger partial charge in [0.05, 0.1) is 16.8 Å². The molecule has 3 aromatic carbocycles. The highest BCUT2D eigenvalue weighted by Gasteiger charge is 2.30. The lowest BCUT2D eigenvalue weighted by atomic mass is 10.1. The number of nitrogens with one attached hydrogen (secondary N) is 2. The summed E-state index contributed by atoms with van der Waals surface area (Å²) in [4.78, 5) is 2.89. The quantitative estimate of drug-likeness (QED) is 0.264. The van der Waals surface area contributed by atoms with Crippen LogP contribution in [0.1, 0.15) is 16.7 Å². The van der Waals surface area contributed by atoms with Gasteiger partial charge in [-0.15, -0.1) is 0 Å². The highest BCUT2D eigenvalue weighted by Crippen LogP contribution is 2.31. The Labute approximate surface area is 206 Å². The van der Waals surface area contributed by atoms with Gasteiger partial charge in [-0.2, -0.15) is 26.3 Å². The number of halogens is 8. The Morgan fingerprint density at radius 2 is 1.21 bits per heavy atom. The summed E-state index contributed by atoms with van der Waals surface area (Å²) < 4.78 is 77.4. The van der Waals surface area contributed by atoms with Gasteiger partial charge < -0.3 is 17.7 Å². The van der Waals surface area contributed by atoms with Crippen molar-refractivity contribution in [2.75, 3.05) is 5.32 Å². The molecule has 2 nitrogen and oxygen atoms in total. The number of anilines is 1. The van der Waals surface area contributed by atoms with Crippen LogP contribution in [0.2, 0.25) is 0 Å². The lowest BCUT2D eigenvalue weighted by molar-refractivity contribution is -0.346. The summed E-state index contributed by atoms with van der Waals surface area (Å²) in [6.45, 7) is 0. The third-order valence-corrected chi connectivity index (χ3v) is 5.08. The fraction of sp³-hybridized carbons (Fsp3) is 0.0870. The van der Waals surface area contributed by atoms with Gasteiger partial charge in [0.15, 0.2) is 6.21 Å². The normalized spacial score (nSPS) is 12.5. The minimum absolute atomic E-state index is 0. The van der Waals surface area contributed by atoms with Crippen LogP contribution >= 0.6 is 22.6 Å². The van der Waals surface area contributed by atoms with Crippen LogP contribution in [0.5, 0.6) is 0 Å². The molecule has 0 saturated heterocycles. The molecule has 0 fully saturated rings. The Hall–Kier alpha value is -2.53. The molecule has 33 heavy (non-hydrogen) atoms. The first-order chi connectivity index (χ1) is 15.0. The second kappa shape index (κ2) is 11.1. The molecule has 0 aliphatic rings. The van der Waals surface area contributed by atoms with E-state index in [0.717, 1.165) is 33.4 Å². The first-order valence-corrected chi connectivity index (χ1v) is 10.3. The van der Waals surface area contributed by atoms with Crippen molar-refractivity contribution >= 4 is 45.9 Å². The van der Waals surface area contributed by atoms with E-state index in [1.54, 1.807) is 6.08 Å². The van der Waals surface area contributed by atoms with E-state index >= 15 is 0 Å². The number of benzene rings is 3. The molecule has 3 rings (SSSR count). The van der Waals surface area contributed by atoms with E-state index in [-0.39, 0.29) is 12.4 Å². The molecule has 0 bridgehead atoms. The first-order valence-electron chi connectivity index (χ1n) is 9.20. The second-order valence-corrected chi connectivity index (χ2v) is 7.92. The molecule has 10 heteroatoms. The Kier molecular flexibility index (Phi) is 8.96. The average molecular weight is 597 g/mol. The summed E-state index contributed by atoms with van der Waals surface area (Å²) in [5, 5.41) is 3.08. The third-order valence-electron chi connectivity index (χ3n) is 4.36. The second-order valence-electron chi connectivity index (χ2n) is 6.67. The molecule has 0 spiro atoms. The smallest absolute Gasteiger partial charge is 0.416 e. The van der Waals surface area contributed by atoms with Crippen LogP contribution in [0.3, 0.4) is 0 Å². The lowest BCUT2D eigenvalue weighted by Crippen LogP contribution is -3.00.